The Balaban J connectivity index is 2.59. The molecule has 0 saturated carbocycles. The van der Waals surface area contributed by atoms with Crippen LogP contribution in [0.4, 0.5) is 10.3 Å². The molecule has 2 aromatic rings. The smallest absolute Gasteiger partial charge is 0.201 e. The van der Waals surface area contributed by atoms with Crippen molar-refractivity contribution in [3.8, 4) is 11.3 Å². The van der Waals surface area contributed by atoms with Crippen LogP contribution in [-0.2, 0) is 7.05 Å². The second-order valence-corrected chi connectivity index (χ2v) is 4.46. The van der Waals surface area contributed by atoms with Gasteiger partial charge < -0.3 is 10.3 Å². The van der Waals surface area contributed by atoms with E-state index in [0.29, 0.717) is 17.2 Å². The summed E-state index contributed by atoms with van der Waals surface area (Å²) in [7, 11) is 1.78. The monoisotopic (exact) mass is 303 g/mol. The minimum atomic E-state index is -0.453. The molecule has 1 aromatic carbocycles. The zero-order valence-electron chi connectivity index (χ0n) is 8.34. The molecule has 0 amide bonds. The van der Waals surface area contributed by atoms with Crippen molar-refractivity contribution in [1.29, 1.82) is 0 Å². The van der Waals surface area contributed by atoms with E-state index in [-0.39, 0.29) is 5.02 Å². The first-order chi connectivity index (χ1) is 7.50. The molecule has 0 saturated heterocycles. The van der Waals surface area contributed by atoms with Gasteiger partial charge in [-0.05, 0) is 34.1 Å². The average molecular weight is 305 g/mol. The van der Waals surface area contributed by atoms with Crippen molar-refractivity contribution in [2.24, 2.45) is 7.05 Å². The van der Waals surface area contributed by atoms with E-state index in [4.69, 9.17) is 17.3 Å². The van der Waals surface area contributed by atoms with Gasteiger partial charge in [0.05, 0.1) is 5.02 Å². The van der Waals surface area contributed by atoms with Gasteiger partial charge in [0, 0.05) is 12.6 Å². The molecule has 84 valence electrons. The maximum Gasteiger partial charge on any atom is 0.201 e. The zero-order valence-corrected chi connectivity index (χ0v) is 10.7. The van der Waals surface area contributed by atoms with E-state index >= 15 is 0 Å². The molecule has 3 nitrogen and oxygen atoms in total. The molecular weight excluding hydrogens is 296 g/mol. The van der Waals surface area contributed by atoms with Crippen LogP contribution in [0.5, 0.6) is 0 Å². The van der Waals surface area contributed by atoms with Crippen molar-refractivity contribution in [3.63, 3.8) is 0 Å². The summed E-state index contributed by atoms with van der Waals surface area (Å²) in [6.45, 7) is 0. The minimum absolute atomic E-state index is 0.0635. The highest BCUT2D eigenvalue weighted by molar-refractivity contribution is 9.10. The number of benzene rings is 1. The first-order valence-corrected chi connectivity index (χ1v) is 5.61. The number of halogens is 3. The predicted octanol–water partition coefficient (Wildman–Crippen LogP) is 3.22. The molecule has 0 aliphatic rings. The van der Waals surface area contributed by atoms with Crippen LogP contribution >= 0.6 is 27.5 Å². The summed E-state index contributed by atoms with van der Waals surface area (Å²) in [4.78, 5) is 4.16. The van der Waals surface area contributed by atoms with Crippen LogP contribution in [-0.4, -0.2) is 9.55 Å². The fourth-order valence-electron chi connectivity index (χ4n) is 1.32. The van der Waals surface area contributed by atoms with E-state index in [1.54, 1.807) is 17.7 Å². The van der Waals surface area contributed by atoms with E-state index < -0.39 is 5.82 Å². The maximum absolute atomic E-state index is 13.0. The van der Waals surface area contributed by atoms with E-state index in [1.807, 2.05) is 0 Å². The molecular formula is C10H8BrClFN3. The molecule has 1 heterocycles. The summed E-state index contributed by atoms with van der Waals surface area (Å²) in [6, 6.07) is 4.42. The van der Waals surface area contributed by atoms with Gasteiger partial charge in [0.2, 0.25) is 5.95 Å². The molecule has 0 atom stereocenters. The molecule has 0 spiro atoms. The number of imidazole rings is 1. The molecule has 0 fully saturated rings. The van der Waals surface area contributed by atoms with E-state index in [1.165, 1.54) is 12.1 Å². The number of aromatic nitrogens is 2. The Hall–Kier alpha value is -1.07. The fraction of sp³-hybridized carbons (Fsp3) is 0.100. The fourth-order valence-corrected chi connectivity index (χ4v) is 2.00. The Morgan fingerprint density at radius 1 is 1.50 bits per heavy atom. The third-order valence-corrected chi connectivity index (χ3v) is 3.45. The number of hydrogen-bond acceptors (Lipinski definition) is 2. The Bertz CT molecular complexity index is 553. The zero-order chi connectivity index (χ0) is 11.9. The summed E-state index contributed by atoms with van der Waals surface area (Å²) >= 11 is 9.07. The lowest BCUT2D eigenvalue weighted by Gasteiger charge is -2.00. The normalized spacial score (nSPS) is 10.8. The van der Waals surface area contributed by atoms with Crippen LogP contribution in [0.15, 0.2) is 22.8 Å². The van der Waals surface area contributed by atoms with Gasteiger partial charge in [-0.25, -0.2) is 9.37 Å². The highest BCUT2D eigenvalue weighted by Gasteiger charge is 2.13. The van der Waals surface area contributed by atoms with Crippen molar-refractivity contribution < 1.29 is 4.39 Å². The SMILES string of the molecule is Cn1c(N)nc(-c2ccc(F)c(Cl)c2)c1Br. The van der Waals surface area contributed by atoms with Crippen LogP contribution in [0, 0.1) is 5.82 Å². The van der Waals surface area contributed by atoms with Gasteiger partial charge in [0.1, 0.15) is 16.1 Å². The van der Waals surface area contributed by atoms with Crippen LogP contribution in [0.3, 0.4) is 0 Å². The second kappa shape index (κ2) is 4.07. The molecule has 2 N–H and O–H groups in total. The Kier molecular flexibility index (Phi) is 2.90. The van der Waals surface area contributed by atoms with Crippen molar-refractivity contribution in [2.75, 3.05) is 5.73 Å². The van der Waals surface area contributed by atoms with Gasteiger partial charge in [0.15, 0.2) is 0 Å². The van der Waals surface area contributed by atoms with Crippen molar-refractivity contribution in [1.82, 2.24) is 9.55 Å². The van der Waals surface area contributed by atoms with Crippen LogP contribution < -0.4 is 5.73 Å². The number of anilines is 1. The molecule has 0 unspecified atom stereocenters. The second-order valence-electron chi connectivity index (χ2n) is 3.30. The van der Waals surface area contributed by atoms with Gasteiger partial charge in [-0.15, -0.1) is 0 Å². The largest absolute Gasteiger partial charge is 0.369 e. The van der Waals surface area contributed by atoms with Crippen LogP contribution in [0.1, 0.15) is 0 Å². The standard InChI is InChI=1S/C10H8BrClFN3/c1-16-9(11)8(15-10(16)14)5-2-3-7(13)6(12)4-5/h2-4H,1H3,(H2,14,15). The highest BCUT2D eigenvalue weighted by Crippen LogP contribution is 2.31. The minimum Gasteiger partial charge on any atom is -0.369 e. The molecule has 6 heteroatoms. The van der Waals surface area contributed by atoms with Crippen molar-refractivity contribution >= 4 is 33.5 Å². The molecule has 2 rings (SSSR count). The molecule has 0 radical (unpaired) electrons. The first-order valence-electron chi connectivity index (χ1n) is 4.44. The van der Waals surface area contributed by atoms with E-state index in [9.17, 15) is 4.39 Å². The Morgan fingerprint density at radius 3 is 2.69 bits per heavy atom. The lowest BCUT2D eigenvalue weighted by atomic mass is 10.2. The first kappa shape index (κ1) is 11.4. The number of rotatable bonds is 1. The quantitative estimate of drug-likeness (QED) is 0.879. The highest BCUT2D eigenvalue weighted by atomic mass is 79.9. The lowest BCUT2D eigenvalue weighted by molar-refractivity contribution is 0.628. The molecule has 0 aliphatic heterocycles. The average Bonchev–Trinajstić information content (AvgIpc) is 2.50. The summed E-state index contributed by atoms with van der Waals surface area (Å²) in [5, 5.41) is 0.0635. The van der Waals surface area contributed by atoms with E-state index in [2.05, 4.69) is 20.9 Å². The van der Waals surface area contributed by atoms with Crippen molar-refractivity contribution in [2.45, 2.75) is 0 Å². The molecule has 16 heavy (non-hydrogen) atoms. The topological polar surface area (TPSA) is 43.8 Å². The number of nitrogen functional groups attached to an aromatic ring is 1. The third kappa shape index (κ3) is 1.81. The number of nitrogens with zero attached hydrogens (tertiary/aromatic N) is 2. The van der Waals surface area contributed by atoms with Gasteiger partial charge in [-0.1, -0.05) is 11.6 Å². The van der Waals surface area contributed by atoms with Crippen molar-refractivity contribution in [3.05, 3.63) is 33.6 Å². The van der Waals surface area contributed by atoms with Gasteiger partial charge >= 0.3 is 0 Å². The third-order valence-electron chi connectivity index (χ3n) is 2.25. The predicted molar refractivity (Wildman–Crippen MR) is 65.7 cm³/mol. The molecule has 1 aromatic heterocycles. The molecule has 0 bridgehead atoms. The van der Waals surface area contributed by atoms with Crippen LogP contribution in [0.2, 0.25) is 5.02 Å². The Morgan fingerprint density at radius 2 is 2.19 bits per heavy atom. The van der Waals surface area contributed by atoms with Crippen LogP contribution in [0.25, 0.3) is 11.3 Å². The summed E-state index contributed by atoms with van der Waals surface area (Å²) in [5.74, 6) is -0.0761. The summed E-state index contributed by atoms with van der Waals surface area (Å²) in [6.07, 6.45) is 0. The van der Waals surface area contributed by atoms with Gasteiger partial charge in [-0.3, -0.25) is 0 Å². The molecule has 0 aliphatic carbocycles. The maximum atomic E-state index is 13.0. The van der Waals surface area contributed by atoms with Gasteiger partial charge in [0.25, 0.3) is 0 Å². The van der Waals surface area contributed by atoms with E-state index in [0.717, 1.165) is 4.60 Å². The lowest BCUT2D eigenvalue weighted by Crippen LogP contribution is -1.96. The summed E-state index contributed by atoms with van der Waals surface area (Å²) < 4.78 is 15.4. The van der Waals surface area contributed by atoms with Gasteiger partial charge in [-0.2, -0.15) is 0 Å². The summed E-state index contributed by atoms with van der Waals surface area (Å²) in [5.41, 5.74) is 7.02. The Labute approximate surface area is 105 Å². The number of nitrogens with two attached hydrogens (primary N) is 1. The number of hydrogen-bond donors (Lipinski definition) is 1.